The molecule has 0 aliphatic carbocycles. The Labute approximate surface area is 134 Å². The highest BCUT2D eigenvalue weighted by Gasteiger charge is 2.17. The first-order valence-electron chi connectivity index (χ1n) is 7.16. The summed E-state index contributed by atoms with van der Waals surface area (Å²) in [4.78, 5) is 2.05. The van der Waals surface area contributed by atoms with E-state index >= 15 is 0 Å². The molecule has 3 rings (SSSR count). The zero-order valence-corrected chi connectivity index (χ0v) is 13.4. The zero-order valence-electron chi connectivity index (χ0n) is 12.6. The molecule has 23 heavy (non-hydrogen) atoms. The van der Waals surface area contributed by atoms with Crippen LogP contribution in [0.15, 0.2) is 42.5 Å². The summed E-state index contributed by atoms with van der Waals surface area (Å²) in [7, 11) is -1.62. The predicted molar refractivity (Wildman–Crippen MR) is 87.9 cm³/mol. The molecule has 0 atom stereocenters. The Bertz CT molecular complexity index is 807. The van der Waals surface area contributed by atoms with Crippen molar-refractivity contribution >= 4 is 21.4 Å². The third-order valence-corrected chi connectivity index (χ3v) is 4.86. The molecule has 122 valence electrons. The van der Waals surface area contributed by atoms with Crippen molar-refractivity contribution in [3.63, 3.8) is 0 Å². The normalized spacial score (nSPS) is 14.1. The van der Waals surface area contributed by atoms with Crippen LogP contribution >= 0.6 is 0 Å². The number of hydrogen-bond acceptors (Lipinski definition) is 4. The van der Waals surface area contributed by atoms with Crippen molar-refractivity contribution in [2.24, 2.45) is 0 Å². The van der Waals surface area contributed by atoms with Gasteiger partial charge in [-0.1, -0.05) is 12.1 Å². The summed E-state index contributed by atoms with van der Waals surface area (Å²) in [5.74, 6) is 0.0429. The second-order valence-electron chi connectivity index (χ2n) is 5.44. The van der Waals surface area contributed by atoms with Gasteiger partial charge in [-0.15, -0.1) is 0 Å². The van der Waals surface area contributed by atoms with Crippen LogP contribution in [0.2, 0.25) is 0 Å². The topological polar surface area (TPSA) is 58.6 Å². The number of anilines is 2. The molecule has 2 aromatic rings. The molecule has 0 radical (unpaired) electrons. The SMILES string of the molecule is CN1CCOc2cc(NS(=O)(=O)Cc3ccc(F)cc3)ccc21. The fourth-order valence-corrected chi connectivity index (χ4v) is 3.63. The summed E-state index contributed by atoms with van der Waals surface area (Å²) >= 11 is 0. The van der Waals surface area contributed by atoms with Gasteiger partial charge in [-0.2, -0.15) is 0 Å². The van der Waals surface area contributed by atoms with Gasteiger partial charge in [-0.3, -0.25) is 4.72 Å². The van der Waals surface area contributed by atoms with Crippen LogP contribution in [0.1, 0.15) is 5.56 Å². The molecular formula is C16H17FN2O3S. The van der Waals surface area contributed by atoms with E-state index in [0.717, 1.165) is 12.2 Å². The molecule has 1 aliphatic rings. The molecule has 0 aromatic heterocycles. The number of likely N-dealkylation sites (N-methyl/N-ethyl adjacent to an activating group) is 1. The summed E-state index contributed by atoms with van der Waals surface area (Å²) in [5, 5.41) is 0. The first kappa shape index (κ1) is 15.6. The van der Waals surface area contributed by atoms with E-state index in [2.05, 4.69) is 9.62 Å². The fourth-order valence-electron chi connectivity index (χ4n) is 2.44. The maximum atomic E-state index is 12.9. The van der Waals surface area contributed by atoms with Crippen LogP contribution in [0.5, 0.6) is 5.75 Å². The Morgan fingerprint density at radius 1 is 1.22 bits per heavy atom. The average molecular weight is 336 g/mol. The standard InChI is InChI=1S/C16H17FN2O3S/c1-19-8-9-22-16-10-14(6-7-15(16)19)18-23(20,21)11-12-2-4-13(17)5-3-12/h2-7,10,18H,8-9,11H2,1H3. The summed E-state index contributed by atoms with van der Waals surface area (Å²) in [6.07, 6.45) is 0. The highest BCUT2D eigenvalue weighted by Crippen LogP contribution is 2.33. The monoisotopic (exact) mass is 336 g/mol. The number of fused-ring (bicyclic) bond motifs is 1. The number of ether oxygens (including phenoxy) is 1. The first-order chi connectivity index (χ1) is 10.9. The van der Waals surface area contributed by atoms with Crippen molar-refractivity contribution in [3.8, 4) is 5.75 Å². The Kier molecular flexibility index (Phi) is 4.12. The van der Waals surface area contributed by atoms with E-state index < -0.39 is 15.8 Å². The summed E-state index contributed by atoms with van der Waals surface area (Å²) < 4.78 is 45.4. The fraction of sp³-hybridized carbons (Fsp3) is 0.250. The number of sulfonamides is 1. The predicted octanol–water partition coefficient (Wildman–Crippen LogP) is 2.60. The van der Waals surface area contributed by atoms with E-state index in [4.69, 9.17) is 4.74 Å². The van der Waals surface area contributed by atoms with E-state index in [1.807, 2.05) is 13.1 Å². The van der Waals surface area contributed by atoms with Gasteiger partial charge in [0.05, 0.1) is 23.7 Å². The maximum Gasteiger partial charge on any atom is 0.236 e. The molecule has 7 heteroatoms. The lowest BCUT2D eigenvalue weighted by atomic mass is 10.2. The molecule has 1 aliphatic heterocycles. The lowest BCUT2D eigenvalue weighted by molar-refractivity contribution is 0.311. The van der Waals surface area contributed by atoms with Crippen molar-refractivity contribution in [1.29, 1.82) is 0 Å². The minimum Gasteiger partial charge on any atom is -0.489 e. The third kappa shape index (κ3) is 3.73. The van der Waals surface area contributed by atoms with Crippen LogP contribution in [0.25, 0.3) is 0 Å². The van der Waals surface area contributed by atoms with Crippen molar-refractivity contribution in [1.82, 2.24) is 0 Å². The minimum atomic E-state index is -3.58. The van der Waals surface area contributed by atoms with Gasteiger partial charge in [0.2, 0.25) is 10.0 Å². The molecule has 0 saturated carbocycles. The number of benzene rings is 2. The molecule has 1 heterocycles. The van der Waals surface area contributed by atoms with Gasteiger partial charge in [0, 0.05) is 13.1 Å². The van der Waals surface area contributed by atoms with Crippen LogP contribution in [0.4, 0.5) is 15.8 Å². The van der Waals surface area contributed by atoms with E-state index in [1.54, 1.807) is 12.1 Å². The quantitative estimate of drug-likeness (QED) is 0.932. The van der Waals surface area contributed by atoms with Crippen molar-refractivity contribution in [2.45, 2.75) is 5.75 Å². The minimum absolute atomic E-state index is 0.217. The smallest absolute Gasteiger partial charge is 0.236 e. The molecule has 0 bridgehead atoms. The zero-order chi connectivity index (χ0) is 16.4. The van der Waals surface area contributed by atoms with E-state index in [9.17, 15) is 12.8 Å². The molecular weight excluding hydrogens is 319 g/mol. The molecule has 0 amide bonds. The van der Waals surface area contributed by atoms with Crippen LogP contribution in [-0.4, -0.2) is 28.6 Å². The van der Waals surface area contributed by atoms with E-state index in [1.165, 1.54) is 24.3 Å². The highest BCUT2D eigenvalue weighted by molar-refractivity contribution is 7.91. The largest absolute Gasteiger partial charge is 0.489 e. The van der Waals surface area contributed by atoms with Crippen LogP contribution in [0.3, 0.4) is 0 Å². The summed E-state index contributed by atoms with van der Waals surface area (Å²) in [6.45, 7) is 1.36. The second-order valence-corrected chi connectivity index (χ2v) is 7.16. The second kappa shape index (κ2) is 6.08. The van der Waals surface area contributed by atoms with Crippen LogP contribution in [0, 0.1) is 5.82 Å². The summed E-state index contributed by atoms with van der Waals surface area (Å²) in [6, 6.07) is 10.6. The van der Waals surface area contributed by atoms with Gasteiger partial charge in [0.25, 0.3) is 0 Å². The number of nitrogens with one attached hydrogen (secondary N) is 1. The lowest BCUT2D eigenvalue weighted by Crippen LogP contribution is -2.28. The van der Waals surface area contributed by atoms with Crippen molar-refractivity contribution in [2.75, 3.05) is 29.8 Å². The Balaban J connectivity index is 1.76. The average Bonchev–Trinajstić information content (AvgIpc) is 2.49. The first-order valence-corrected chi connectivity index (χ1v) is 8.81. The van der Waals surface area contributed by atoms with Gasteiger partial charge >= 0.3 is 0 Å². The number of rotatable bonds is 4. The Morgan fingerprint density at radius 3 is 2.70 bits per heavy atom. The molecule has 0 saturated heterocycles. The summed E-state index contributed by atoms with van der Waals surface area (Å²) in [5.41, 5.74) is 1.90. The molecule has 5 nitrogen and oxygen atoms in total. The lowest BCUT2D eigenvalue weighted by Gasteiger charge is -2.28. The Hall–Kier alpha value is -2.28. The Morgan fingerprint density at radius 2 is 1.96 bits per heavy atom. The van der Waals surface area contributed by atoms with Crippen LogP contribution < -0.4 is 14.4 Å². The van der Waals surface area contributed by atoms with Gasteiger partial charge in [-0.05, 0) is 29.8 Å². The number of hydrogen-bond donors (Lipinski definition) is 1. The number of halogens is 1. The van der Waals surface area contributed by atoms with Gasteiger partial charge in [0.1, 0.15) is 18.2 Å². The van der Waals surface area contributed by atoms with Crippen LogP contribution in [-0.2, 0) is 15.8 Å². The molecule has 1 N–H and O–H groups in total. The molecule has 0 spiro atoms. The van der Waals surface area contributed by atoms with Gasteiger partial charge < -0.3 is 9.64 Å². The van der Waals surface area contributed by atoms with Gasteiger partial charge in [-0.25, -0.2) is 12.8 Å². The van der Waals surface area contributed by atoms with E-state index in [0.29, 0.717) is 23.6 Å². The number of nitrogens with zero attached hydrogens (tertiary/aromatic N) is 1. The van der Waals surface area contributed by atoms with E-state index in [-0.39, 0.29) is 5.75 Å². The van der Waals surface area contributed by atoms with Crippen molar-refractivity contribution < 1.29 is 17.5 Å². The third-order valence-electron chi connectivity index (χ3n) is 3.60. The molecule has 0 fully saturated rings. The molecule has 0 unspecified atom stereocenters. The maximum absolute atomic E-state index is 12.9. The highest BCUT2D eigenvalue weighted by atomic mass is 32.2. The van der Waals surface area contributed by atoms with Crippen molar-refractivity contribution in [3.05, 3.63) is 53.8 Å². The molecule has 2 aromatic carbocycles. The van der Waals surface area contributed by atoms with Gasteiger partial charge in [0.15, 0.2) is 0 Å².